The van der Waals surface area contributed by atoms with E-state index in [4.69, 9.17) is 0 Å². The molecule has 1 aromatic heterocycles. The van der Waals surface area contributed by atoms with E-state index in [9.17, 15) is 9.18 Å². The number of hydrogen-bond donors (Lipinski definition) is 1. The van der Waals surface area contributed by atoms with E-state index in [0.717, 1.165) is 5.69 Å². The number of carbonyl (C=O) groups is 1. The topological polar surface area (TPSA) is 42.0 Å². The number of halogens is 1. The zero-order valence-corrected chi connectivity index (χ0v) is 11.0. The van der Waals surface area contributed by atoms with Crippen molar-refractivity contribution >= 4 is 22.4 Å². The van der Waals surface area contributed by atoms with Gasteiger partial charge in [-0.25, -0.2) is 9.37 Å². The van der Waals surface area contributed by atoms with Gasteiger partial charge in [0.15, 0.2) is 5.13 Å². The van der Waals surface area contributed by atoms with Crippen molar-refractivity contribution < 1.29 is 9.18 Å². The Labute approximate surface area is 114 Å². The van der Waals surface area contributed by atoms with Gasteiger partial charge in [-0.15, -0.1) is 11.3 Å². The third-order valence-electron chi connectivity index (χ3n) is 3.07. The molecule has 1 aliphatic carbocycles. The minimum absolute atomic E-state index is 0.0328. The Morgan fingerprint density at radius 1 is 1.42 bits per heavy atom. The van der Waals surface area contributed by atoms with Gasteiger partial charge in [-0.05, 0) is 24.5 Å². The summed E-state index contributed by atoms with van der Waals surface area (Å²) >= 11 is 1.42. The molecule has 0 bridgehead atoms. The van der Waals surface area contributed by atoms with Crippen molar-refractivity contribution in [3.8, 4) is 0 Å². The Morgan fingerprint density at radius 3 is 2.95 bits per heavy atom. The van der Waals surface area contributed by atoms with Gasteiger partial charge >= 0.3 is 0 Å². The average Bonchev–Trinajstić information content (AvgIpc) is 3.14. The summed E-state index contributed by atoms with van der Waals surface area (Å²) in [7, 11) is 0. The molecule has 1 aliphatic rings. The molecule has 0 spiro atoms. The molecule has 98 valence electrons. The molecule has 5 heteroatoms. The van der Waals surface area contributed by atoms with Crippen LogP contribution in [0.4, 0.5) is 9.52 Å². The highest BCUT2D eigenvalue weighted by Crippen LogP contribution is 2.40. The molecular weight excluding hydrogens is 263 g/mol. The largest absolute Gasteiger partial charge is 0.302 e. The van der Waals surface area contributed by atoms with Crippen molar-refractivity contribution in [1.82, 2.24) is 4.98 Å². The molecule has 3 nitrogen and oxygen atoms in total. The first-order valence-electron chi connectivity index (χ1n) is 6.21. The second-order valence-electron chi connectivity index (χ2n) is 4.67. The molecule has 1 N–H and O–H groups in total. The number of aromatic nitrogens is 1. The smallest absolute Gasteiger partial charge is 0.230 e. The highest BCUT2D eigenvalue weighted by atomic mass is 32.1. The van der Waals surface area contributed by atoms with E-state index in [2.05, 4.69) is 10.3 Å². The van der Waals surface area contributed by atoms with Gasteiger partial charge in [-0.1, -0.05) is 18.2 Å². The molecule has 2 aromatic rings. The first-order chi connectivity index (χ1) is 9.22. The fraction of sp³-hybridized carbons (Fsp3) is 0.286. The van der Waals surface area contributed by atoms with Crippen molar-refractivity contribution in [3.05, 3.63) is 46.7 Å². The molecular formula is C14H13FN2OS. The van der Waals surface area contributed by atoms with Crippen molar-refractivity contribution in [1.29, 1.82) is 0 Å². The normalized spacial score (nSPS) is 14.4. The zero-order chi connectivity index (χ0) is 13.2. The average molecular weight is 276 g/mol. The van der Waals surface area contributed by atoms with Crippen LogP contribution in [-0.4, -0.2) is 10.9 Å². The van der Waals surface area contributed by atoms with Gasteiger partial charge in [-0.2, -0.15) is 0 Å². The van der Waals surface area contributed by atoms with Crippen molar-refractivity contribution in [3.63, 3.8) is 0 Å². The Morgan fingerprint density at radius 2 is 2.21 bits per heavy atom. The summed E-state index contributed by atoms with van der Waals surface area (Å²) in [4.78, 5) is 16.2. The fourth-order valence-electron chi connectivity index (χ4n) is 1.89. The van der Waals surface area contributed by atoms with E-state index >= 15 is 0 Å². The first kappa shape index (κ1) is 12.3. The molecule has 1 heterocycles. The van der Waals surface area contributed by atoms with Gasteiger partial charge in [0.05, 0.1) is 12.1 Å². The lowest BCUT2D eigenvalue weighted by Crippen LogP contribution is -2.15. The lowest BCUT2D eigenvalue weighted by atomic mass is 10.1. The van der Waals surface area contributed by atoms with E-state index in [1.165, 1.54) is 30.2 Å². The second-order valence-corrected chi connectivity index (χ2v) is 5.53. The Balaban J connectivity index is 1.62. The van der Waals surface area contributed by atoms with Gasteiger partial charge in [0.1, 0.15) is 5.82 Å². The molecule has 0 radical (unpaired) electrons. The predicted molar refractivity (Wildman–Crippen MR) is 72.8 cm³/mol. The first-order valence-corrected chi connectivity index (χ1v) is 7.09. The molecule has 0 unspecified atom stereocenters. The van der Waals surface area contributed by atoms with Crippen LogP contribution >= 0.6 is 11.3 Å². The Bertz CT molecular complexity index is 607. The third kappa shape index (κ3) is 2.98. The quantitative estimate of drug-likeness (QED) is 0.930. The Hall–Kier alpha value is -1.75. The van der Waals surface area contributed by atoms with E-state index in [-0.39, 0.29) is 18.1 Å². The molecule has 0 aliphatic heterocycles. The van der Waals surface area contributed by atoms with Gasteiger partial charge in [0.2, 0.25) is 5.91 Å². The summed E-state index contributed by atoms with van der Waals surface area (Å²) < 4.78 is 13.4. The van der Waals surface area contributed by atoms with Crippen LogP contribution in [0.5, 0.6) is 0 Å². The van der Waals surface area contributed by atoms with Gasteiger partial charge in [0, 0.05) is 11.3 Å². The number of benzene rings is 1. The molecule has 1 amide bonds. The van der Waals surface area contributed by atoms with Crippen LogP contribution in [-0.2, 0) is 11.2 Å². The number of nitrogens with one attached hydrogen (secondary N) is 1. The number of anilines is 1. The second kappa shape index (κ2) is 5.09. The van der Waals surface area contributed by atoms with Crippen LogP contribution < -0.4 is 5.32 Å². The zero-order valence-electron chi connectivity index (χ0n) is 10.2. The maximum atomic E-state index is 13.4. The third-order valence-corrected chi connectivity index (χ3v) is 3.85. The Kier molecular flexibility index (Phi) is 3.29. The van der Waals surface area contributed by atoms with Crippen LogP contribution in [0, 0.1) is 5.82 Å². The van der Waals surface area contributed by atoms with Crippen LogP contribution in [0.2, 0.25) is 0 Å². The number of carbonyl (C=O) groups excluding carboxylic acids is 1. The number of thiazole rings is 1. The highest BCUT2D eigenvalue weighted by Gasteiger charge is 2.26. The SMILES string of the molecule is O=C(Cc1ccccc1F)Nc1nc(C2CC2)cs1. The summed E-state index contributed by atoms with van der Waals surface area (Å²) in [5.41, 5.74) is 1.46. The maximum Gasteiger partial charge on any atom is 0.230 e. The number of amides is 1. The van der Waals surface area contributed by atoms with Crippen molar-refractivity contribution in [2.75, 3.05) is 5.32 Å². The van der Waals surface area contributed by atoms with Crippen LogP contribution in [0.25, 0.3) is 0 Å². The number of nitrogens with zero attached hydrogens (tertiary/aromatic N) is 1. The molecule has 1 aromatic carbocycles. The van der Waals surface area contributed by atoms with E-state index in [0.29, 0.717) is 16.6 Å². The maximum absolute atomic E-state index is 13.4. The van der Waals surface area contributed by atoms with Gasteiger partial charge in [-0.3, -0.25) is 4.79 Å². The summed E-state index contributed by atoms with van der Waals surface area (Å²) in [6.45, 7) is 0. The van der Waals surface area contributed by atoms with E-state index in [1.807, 2.05) is 5.38 Å². The predicted octanol–water partition coefficient (Wildman–Crippen LogP) is 3.34. The van der Waals surface area contributed by atoms with Gasteiger partial charge < -0.3 is 5.32 Å². The molecule has 0 saturated heterocycles. The van der Waals surface area contributed by atoms with E-state index < -0.39 is 0 Å². The fourth-order valence-corrected chi connectivity index (χ4v) is 2.70. The molecule has 1 fully saturated rings. The van der Waals surface area contributed by atoms with Crippen molar-refractivity contribution in [2.24, 2.45) is 0 Å². The lowest BCUT2D eigenvalue weighted by molar-refractivity contribution is -0.115. The lowest BCUT2D eigenvalue weighted by Gasteiger charge is -2.03. The minimum atomic E-state index is -0.351. The van der Waals surface area contributed by atoms with E-state index in [1.54, 1.807) is 18.2 Å². The summed E-state index contributed by atoms with van der Waals surface area (Å²) in [5.74, 6) is -0.00859. The van der Waals surface area contributed by atoms with Crippen LogP contribution in [0.15, 0.2) is 29.6 Å². The van der Waals surface area contributed by atoms with Gasteiger partial charge in [0.25, 0.3) is 0 Å². The molecule has 3 rings (SSSR count). The van der Waals surface area contributed by atoms with Crippen LogP contribution in [0.3, 0.4) is 0 Å². The number of hydrogen-bond acceptors (Lipinski definition) is 3. The molecule has 1 saturated carbocycles. The van der Waals surface area contributed by atoms with Crippen molar-refractivity contribution in [2.45, 2.75) is 25.2 Å². The highest BCUT2D eigenvalue weighted by molar-refractivity contribution is 7.13. The monoisotopic (exact) mass is 276 g/mol. The molecule has 0 atom stereocenters. The minimum Gasteiger partial charge on any atom is -0.302 e. The summed E-state index contributed by atoms with van der Waals surface area (Å²) in [6, 6.07) is 6.31. The van der Waals surface area contributed by atoms with Crippen LogP contribution in [0.1, 0.15) is 30.0 Å². The standard InChI is InChI=1S/C14H13FN2OS/c15-11-4-2-1-3-10(11)7-13(18)17-14-16-12(8-19-14)9-5-6-9/h1-4,8-9H,5-7H2,(H,16,17,18). The summed E-state index contributed by atoms with van der Waals surface area (Å²) in [6.07, 6.45) is 2.41. The molecule has 19 heavy (non-hydrogen) atoms. The summed E-state index contributed by atoms with van der Waals surface area (Å²) in [5, 5.41) is 5.31. The number of rotatable bonds is 4.